The van der Waals surface area contributed by atoms with Gasteiger partial charge in [0.1, 0.15) is 5.76 Å². The predicted octanol–water partition coefficient (Wildman–Crippen LogP) is 0.141. The summed E-state index contributed by atoms with van der Waals surface area (Å²) in [7, 11) is -3.22. The molecule has 0 atom stereocenters. The molecule has 0 aliphatic carbocycles. The highest BCUT2D eigenvalue weighted by atomic mass is 32.2. The standard InChI is InChI=1S/C7H9NO4S/c1-13(10,11)8-4-6-2-3-7(5-9)12-6/h2-3,5,8H,4H2,1H3. The van der Waals surface area contributed by atoms with Crippen molar-refractivity contribution in [1.29, 1.82) is 0 Å². The third kappa shape index (κ3) is 3.39. The first-order valence-corrected chi connectivity index (χ1v) is 5.39. The zero-order valence-corrected chi connectivity index (χ0v) is 7.80. The molecule has 0 fully saturated rings. The van der Waals surface area contributed by atoms with Crippen molar-refractivity contribution in [2.24, 2.45) is 0 Å². The normalized spacial score (nSPS) is 11.5. The highest BCUT2D eigenvalue weighted by Gasteiger charge is 2.04. The largest absolute Gasteiger partial charge is 0.457 e. The van der Waals surface area contributed by atoms with Gasteiger partial charge in [0.05, 0.1) is 12.8 Å². The number of rotatable bonds is 4. The lowest BCUT2D eigenvalue weighted by Crippen LogP contribution is -2.20. The summed E-state index contributed by atoms with van der Waals surface area (Å²) in [6.07, 6.45) is 1.61. The predicted molar refractivity (Wildman–Crippen MR) is 45.8 cm³/mol. The van der Waals surface area contributed by atoms with Gasteiger partial charge in [0.2, 0.25) is 10.0 Å². The maximum Gasteiger partial charge on any atom is 0.209 e. The Labute approximate surface area is 75.8 Å². The Morgan fingerprint density at radius 2 is 2.23 bits per heavy atom. The molecule has 1 rings (SSSR count). The highest BCUT2D eigenvalue weighted by molar-refractivity contribution is 7.88. The van der Waals surface area contributed by atoms with Crippen LogP contribution in [-0.2, 0) is 16.6 Å². The van der Waals surface area contributed by atoms with Crippen molar-refractivity contribution in [3.05, 3.63) is 23.7 Å². The van der Waals surface area contributed by atoms with Crippen molar-refractivity contribution in [3.8, 4) is 0 Å². The molecular weight excluding hydrogens is 194 g/mol. The summed E-state index contributed by atoms with van der Waals surface area (Å²) in [5.41, 5.74) is 0. The molecule has 0 aliphatic rings. The SMILES string of the molecule is CS(=O)(=O)NCc1ccc(C=O)o1. The van der Waals surface area contributed by atoms with Crippen LogP contribution in [0.4, 0.5) is 0 Å². The van der Waals surface area contributed by atoms with Crippen LogP contribution < -0.4 is 4.72 Å². The van der Waals surface area contributed by atoms with Crippen molar-refractivity contribution in [2.45, 2.75) is 6.54 Å². The molecule has 0 saturated heterocycles. The average molecular weight is 203 g/mol. The maximum absolute atomic E-state index is 10.7. The van der Waals surface area contributed by atoms with Crippen LogP contribution in [0, 0.1) is 0 Å². The molecule has 0 amide bonds. The molecule has 6 heteroatoms. The monoisotopic (exact) mass is 203 g/mol. The van der Waals surface area contributed by atoms with Gasteiger partial charge in [-0.15, -0.1) is 0 Å². The number of aldehydes is 1. The second kappa shape index (κ2) is 3.71. The molecule has 1 N–H and O–H groups in total. The van der Waals surface area contributed by atoms with E-state index in [0.29, 0.717) is 12.0 Å². The molecule has 0 bridgehead atoms. The van der Waals surface area contributed by atoms with E-state index < -0.39 is 10.0 Å². The number of nitrogens with one attached hydrogen (secondary N) is 1. The second-order valence-electron chi connectivity index (χ2n) is 2.52. The molecule has 0 saturated carbocycles. The zero-order valence-electron chi connectivity index (χ0n) is 6.98. The van der Waals surface area contributed by atoms with Gasteiger partial charge in [0.25, 0.3) is 0 Å². The fourth-order valence-electron chi connectivity index (χ4n) is 0.755. The van der Waals surface area contributed by atoms with Crippen LogP contribution in [0.5, 0.6) is 0 Å². The lowest BCUT2D eigenvalue weighted by atomic mass is 10.4. The van der Waals surface area contributed by atoms with E-state index in [1.54, 1.807) is 6.07 Å². The van der Waals surface area contributed by atoms with Gasteiger partial charge in [-0.2, -0.15) is 0 Å². The number of hydrogen-bond donors (Lipinski definition) is 1. The van der Waals surface area contributed by atoms with Crippen molar-refractivity contribution in [2.75, 3.05) is 6.26 Å². The van der Waals surface area contributed by atoms with Crippen LogP contribution >= 0.6 is 0 Å². The van der Waals surface area contributed by atoms with E-state index in [1.165, 1.54) is 6.07 Å². The Hall–Kier alpha value is -1.14. The smallest absolute Gasteiger partial charge is 0.209 e. The fraction of sp³-hybridized carbons (Fsp3) is 0.286. The lowest BCUT2D eigenvalue weighted by molar-refractivity contribution is 0.109. The molecule has 1 aromatic heterocycles. The molecule has 0 aliphatic heterocycles. The van der Waals surface area contributed by atoms with E-state index in [0.717, 1.165) is 6.26 Å². The van der Waals surface area contributed by atoms with E-state index in [4.69, 9.17) is 4.42 Å². The van der Waals surface area contributed by atoms with Gasteiger partial charge in [0, 0.05) is 0 Å². The highest BCUT2D eigenvalue weighted by Crippen LogP contribution is 2.04. The van der Waals surface area contributed by atoms with Gasteiger partial charge >= 0.3 is 0 Å². The Balaban J connectivity index is 2.60. The molecule has 0 radical (unpaired) electrons. The number of furan rings is 1. The average Bonchev–Trinajstić information content (AvgIpc) is 2.47. The summed E-state index contributed by atoms with van der Waals surface area (Å²) in [5.74, 6) is 0.595. The molecule has 0 spiro atoms. The van der Waals surface area contributed by atoms with Crippen molar-refractivity contribution in [1.82, 2.24) is 4.72 Å². The van der Waals surface area contributed by atoms with Crippen LogP contribution in [0.3, 0.4) is 0 Å². The summed E-state index contributed by atoms with van der Waals surface area (Å²) in [4.78, 5) is 10.2. The summed E-state index contributed by atoms with van der Waals surface area (Å²) in [6, 6.07) is 3.02. The maximum atomic E-state index is 10.7. The van der Waals surface area contributed by atoms with Crippen LogP contribution in [0.1, 0.15) is 16.3 Å². The van der Waals surface area contributed by atoms with E-state index in [-0.39, 0.29) is 12.3 Å². The van der Waals surface area contributed by atoms with Gasteiger partial charge in [-0.05, 0) is 12.1 Å². The molecular formula is C7H9NO4S. The number of sulfonamides is 1. The lowest BCUT2D eigenvalue weighted by Gasteiger charge is -1.97. The Morgan fingerprint density at radius 3 is 2.69 bits per heavy atom. The van der Waals surface area contributed by atoms with Crippen LogP contribution in [0.15, 0.2) is 16.5 Å². The Morgan fingerprint density at radius 1 is 1.54 bits per heavy atom. The van der Waals surface area contributed by atoms with Gasteiger partial charge in [-0.1, -0.05) is 0 Å². The summed E-state index contributed by atoms with van der Waals surface area (Å²) in [6.45, 7) is 0.0622. The van der Waals surface area contributed by atoms with E-state index in [1.807, 2.05) is 0 Å². The topological polar surface area (TPSA) is 76.4 Å². The minimum Gasteiger partial charge on any atom is -0.457 e. The van der Waals surface area contributed by atoms with E-state index in [9.17, 15) is 13.2 Å². The molecule has 13 heavy (non-hydrogen) atoms. The fourth-order valence-corrected chi connectivity index (χ4v) is 1.16. The molecule has 72 valence electrons. The summed E-state index contributed by atoms with van der Waals surface area (Å²) in [5, 5.41) is 0. The van der Waals surface area contributed by atoms with Gasteiger partial charge in [0.15, 0.2) is 12.0 Å². The minimum absolute atomic E-state index is 0.0622. The van der Waals surface area contributed by atoms with Gasteiger partial charge in [-0.25, -0.2) is 13.1 Å². The van der Waals surface area contributed by atoms with E-state index >= 15 is 0 Å². The molecule has 5 nitrogen and oxygen atoms in total. The van der Waals surface area contributed by atoms with Crippen molar-refractivity contribution < 1.29 is 17.6 Å². The van der Waals surface area contributed by atoms with Crippen LogP contribution in [-0.4, -0.2) is 21.0 Å². The summed E-state index contributed by atoms with van der Waals surface area (Å²) < 4.78 is 28.5. The van der Waals surface area contributed by atoms with Crippen molar-refractivity contribution in [3.63, 3.8) is 0 Å². The molecule has 1 heterocycles. The number of carbonyl (C=O) groups excluding carboxylic acids is 1. The quantitative estimate of drug-likeness (QED) is 0.706. The first-order chi connectivity index (χ1) is 6.01. The zero-order chi connectivity index (χ0) is 9.90. The summed E-state index contributed by atoms with van der Waals surface area (Å²) >= 11 is 0. The van der Waals surface area contributed by atoms with E-state index in [2.05, 4.69) is 4.72 Å². The molecule has 0 unspecified atom stereocenters. The van der Waals surface area contributed by atoms with Gasteiger partial charge in [-0.3, -0.25) is 4.79 Å². The number of hydrogen-bond acceptors (Lipinski definition) is 4. The third-order valence-electron chi connectivity index (χ3n) is 1.31. The second-order valence-corrected chi connectivity index (χ2v) is 4.35. The van der Waals surface area contributed by atoms with Crippen molar-refractivity contribution >= 4 is 16.3 Å². The number of carbonyl (C=O) groups is 1. The van der Waals surface area contributed by atoms with Crippen LogP contribution in [0.2, 0.25) is 0 Å². The molecule has 0 aromatic carbocycles. The minimum atomic E-state index is -3.22. The van der Waals surface area contributed by atoms with Gasteiger partial charge < -0.3 is 4.42 Å². The first-order valence-electron chi connectivity index (χ1n) is 3.50. The Kier molecular flexibility index (Phi) is 2.84. The van der Waals surface area contributed by atoms with Crippen LogP contribution in [0.25, 0.3) is 0 Å². The molecule has 1 aromatic rings. The third-order valence-corrected chi connectivity index (χ3v) is 1.98. The Bertz CT molecular complexity index is 392. The first kappa shape index (κ1) is 9.94.